The van der Waals surface area contributed by atoms with E-state index in [1.165, 1.54) is 0 Å². The number of carbonyl (C=O) groups is 3. The van der Waals surface area contributed by atoms with Crippen LogP contribution in [0.1, 0.15) is 29.0 Å². The standard InChI is InChI=1S/C32H36BrN5O4/c1-36(2)16-17-37(3)20-28(39)38(4)25-12-10-24(11-13-25)34-31(22-7-5-6-21(18-22)8-15-29(40)41)30-26-14-9-23(33)19-27(26)35-32(30)42/h5-7,9-14,18-19,30H,8,15-17,20H2,1-4H3,(H,35,42)(H,40,41). The second-order valence-electron chi connectivity index (χ2n) is 10.8. The number of aryl methyl sites for hydroxylation is 1. The molecule has 3 aromatic carbocycles. The number of aliphatic imine (C=N–C) groups is 1. The van der Waals surface area contributed by atoms with Crippen molar-refractivity contribution in [2.75, 3.05) is 58.0 Å². The van der Waals surface area contributed by atoms with Crippen LogP contribution in [0.5, 0.6) is 0 Å². The molecule has 4 rings (SSSR count). The highest BCUT2D eigenvalue weighted by Gasteiger charge is 2.35. The number of amides is 2. The van der Waals surface area contributed by atoms with Gasteiger partial charge in [0.1, 0.15) is 5.92 Å². The zero-order valence-electron chi connectivity index (χ0n) is 24.3. The normalized spacial score (nSPS) is 14.7. The third-order valence-electron chi connectivity index (χ3n) is 7.16. The van der Waals surface area contributed by atoms with Crippen molar-refractivity contribution in [2.24, 2.45) is 4.99 Å². The van der Waals surface area contributed by atoms with Gasteiger partial charge in [-0.1, -0.05) is 40.2 Å². The average molecular weight is 635 g/mol. The Hall–Kier alpha value is -3.86. The molecule has 1 aliphatic rings. The summed E-state index contributed by atoms with van der Waals surface area (Å²) in [6.07, 6.45) is 0.381. The highest BCUT2D eigenvalue weighted by Crippen LogP contribution is 2.38. The third kappa shape index (κ3) is 7.90. The van der Waals surface area contributed by atoms with E-state index in [-0.39, 0.29) is 18.2 Å². The van der Waals surface area contributed by atoms with Gasteiger partial charge in [-0.3, -0.25) is 24.3 Å². The van der Waals surface area contributed by atoms with Gasteiger partial charge in [0.05, 0.1) is 17.9 Å². The van der Waals surface area contributed by atoms with Gasteiger partial charge in [0.15, 0.2) is 0 Å². The number of anilines is 2. The SMILES string of the molecule is CN(C)CCN(C)CC(=O)N(C)c1ccc(N=C(c2cccc(CCC(=O)O)c2)C2C(=O)Nc3cc(Br)ccc32)cc1. The van der Waals surface area contributed by atoms with Gasteiger partial charge < -0.3 is 20.2 Å². The summed E-state index contributed by atoms with van der Waals surface area (Å²) in [5.41, 5.74) is 5.07. The predicted octanol–water partition coefficient (Wildman–Crippen LogP) is 4.78. The topological polar surface area (TPSA) is 106 Å². The van der Waals surface area contributed by atoms with E-state index in [0.29, 0.717) is 24.4 Å². The van der Waals surface area contributed by atoms with Crippen LogP contribution in [0.15, 0.2) is 76.2 Å². The Balaban J connectivity index is 1.64. The molecule has 10 heteroatoms. The second kappa shape index (κ2) is 13.9. The molecule has 0 saturated heterocycles. The molecular formula is C32H36BrN5O4. The maximum Gasteiger partial charge on any atom is 0.303 e. The van der Waals surface area contributed by atoms with Gasteiger partial charge in [0, 0.05) is 42.4 Å². The largest absolute Gasteiger partial charge is 0.481 e. The smallest absolute Gasteiger partial charge is 0.303 e. The van der Waals surface area contributed by atoms with Crippen molar-refractivity contribution in [3.8, 4) is 0 Å². The number of halogens is 1. The first kappa shape index (κ1) is 31.1. The Morgan fingerprint density at radius 3 is 2.40 bits per heavy atom. The van der Waals surface area contributed by atoms with Crippen molar-refractivity contribution >= 4 is 56.5 Å². The molecule has 1 aliphatic heterocycles. The number of benzene rings is 3. The molecule has 0 aromatic heterocycles. The highest BCUT2D eigenvalue weighted by molar-refractivity contribution is 9.10. The molecule has 1 unspecified atom stereocenters. The summed E-state index contributed by atoms with van der Waals surface area (Å²) < 4.78 is 0.856. The van der Waals surface area contributed by atoms with E-state index in [0.717, 1.165) is 45.6 Å². The second-order valence-corrected chi connectivity index (χ2v) is 11.7. The van der Waals surface area contributed by atoms with E-state index < -0.39 is 11.9 Å². The van der Waals surface area contributed by atoms with Crippen LogP contribution in [0, 0.1) is 0 Å². The number of fused-ring (bicyclic) bond motifs is 1. The number of likely N-dealkylation sites (N-methyl/N-ethyl adjacent to an activating group) is 3. The predicted molar refractivity (Wildman–Crippen MR) is 170 cm³/mol. The van der Waals surface area contributed by atoms with Crippen LogP contribution < -0.4 is 10.2 Å². The van der Waals surface area contributed by atoms with Crippen LogP contribution in [0.25, 0.3) is 0 Å². The lowest BCUT2D eigenvalue weighted by Gasteiger charge is -2.23. The zero-order chi connectivity index (χ0) is 30.4. The number of hydrogen-bond donors (Lipinski definition) is 2. The number of carboxylic acid groups (broad SMARTS) is 1. The lowest BCUT2D eigenvalue weighted by Crippen LogP contribution is -2.39. The fourth-order valence-corrected chi connectivity index (χ4v) is 5.12. The zero-order valence-corrected chi connectivity index (χ0v) is 25.9. The van der Waals surface area contributed by atoms with E-state index in [1.54, 1.807) is 11.9 Å². The molecule has 9 nitrogen and oxygen atoms in total. The summed E-state index contributed by atoms with van der Waals surface area (Å²) in [5.74, 6) is -1.72. The van der Waals surface area contributed by atoms with Crippen molar-refractivity contribution in [3.63, 3.8) is 0 Å². The molecule has 2 N–H and O–H groups in total. The van der Waals surface area contributed by atoms with Crippen LogP contribution >= 0.6 is 15.9 Å². The number of carboxylic acids is 1. The summed E-state index contributed by atoms with van der Waals surface area (Å²) in [4.78, 5) is 48.0. The maximum absolute atomic E-state index is 13.3. The van der Waals surface area contributed by atoms with Crippen molar-refractivity contribution in [1.82, 2.24) is 9.80 Å². The minimum absolute atomic E-state index is 0.00977. The monoisotopic (exact) mass is 633 g/mol. The van der Waals surface area contributed by atoms with Crippen LogP contribution in [0.3, 0.4) is 0 Å². The fourth-order valence-electron chi connectivity index (χ4n) is 4.76. The fraction of sp³-hybridized carbons (Fsp3) is 0.312. The molecule has 0 spiro atoms. The summed E-state index contributed by atoms with van der Waals surface area (Å²) in [5, 5.41) is 12.1. The molecule has 0 bridgehead atoms. The summed E-state index contributed by atoms with van der Waals surface area (Å²) in [6.45, 7) is 1.96. The molecule has 0 radical (unpaired) electrons. The van der Waals surface area contributed by atoms with Crippen LogP contribution in [0.4, 0.5) is 17.1 Å². The minimum atomic E-state index is -0.868. The summed E-state index contributed by atoms with van der Waals surface area (Å²) in [7, 11) is 7.70. The first-order valence-corrected chi connectivity index (χ1v) is 14.5. The van der Waals surface area contributed by atoms with Gasteiger partial charge in [-0.05, 0) is 86.7 Å². The van der Waals surface area contributed by atoms with Crippen LogP contribution in [-0.4, -0.2) is 86.2 Å². The molecule has 0 fully saturated rings. The van der Waals surface area contributed by atoms with Gasteiger partial charge in [0.2, 0.25) is 11.8 Å². The van der Waals surface area contributed by atoms with E-state index >= 15 is 0 Å². The van der Waals surface area contributed by atoms with Gasteiger partial charge in [0.25, 0.3) is 0 Å². The Morgan fingerprint density at radius 1 is 0.976 bits per heavy atom. The molecule has 2 amide bonds. The molecule has 0 aliphatic carbocycles. The maximum atomic E-state index is 13.3. The molecule has 0 saturated carbocycles. The van der Waals surface area contributed by atoms with Crippen LogP contribution in [-0.2, 0) is 20.8 Å². The number of aliphatic carboxylic acids is 1. The quantitative estimate of drug-likeness (QED) is 0.278. The van der Waals surface area contributed by atoms with E-state index in [1.807, 2.05) is 92.8 Å². The van der Waals surface area contributed by atoms with Gasteiger partial charge in [-0.2, -0.15) is 0 Å². The van der Waals surface area contributed by atoms with E-state index in [2.05, 4.69) is 26.1 Å². The number of hydrogen-bond acceptors (Lipinski definition) is 6. The van der Waals surface area contributed by atoms with Crippen molar-refractivity contribution in [3.05, 3.63) is 87.9 Å². The average Bonchev–Trinajstić information content (AvgIpc) is 3.28. The van der Waals surface area contributed by atoms with Crippen molar-refractivity contribution < 1.29 is 19.5 Å². The Bertz CT molecular complexity index is 1490. The van der Waals surface area contributed by atoms with Gasteiger partial charge in [-0.15, -0.1) is 0 Å². The number of carbonyl (C=O) groups excluding carboxylic acids is 2. The van der Waals surface area contributed by atoms with Gasteiger partial charge >= 0.3 is 5.97 Å². The van der Waals surface area contributed by atoms with Gasteiger partial charge in [-0.25, -0.2) is 0 Å². The lowest BCUT2D eigenvalue weighted by molar-refractivity contribution is -0.137. The third-order valence-corrected chi connectivity index (χ3v) is 7.66. The van der Waals surface area contributed by atoms with E-state index in [4.69, 9.17) is 10.1 Å². The van der Waals surface area contributed by atoms with Crippen molar-refractivity contribution in [2.45, 2.75) is 18.8 Å². The summed E-state index contributed by atoms with van der Waals surface area (Å²) >= 11 is 3.47. The molecular weight excluding hydrogens is 598 g/mol. The number of nitrogens with one attached hydrogen (secondary N) is 1. The minimum Gasteiger partial charge on any atom is -0.481 e. The number of rotatable bonds is 12. The Morgan fingerprint density at radius 2 is 1.71 bits per heavy atom. The number of nitrogens with zero attached hydrogens (tertiary/aromatic N) is 4. The molecule has 1 atom stereocenters. The Labute approximate surface area is 255 Å². The first-order chi connectivity index (χ1) is 20.0. The van der Waals surface area contributed by atoms with Crippen molar-refractivity contribution in [1.29, 1.82) is 0 Å². The molecule has 42 heavy (non-hydrogen) atoms. The molecule has 3 aromatic rings. The van der Waals surface area contributed by atoms with Crippen LogP contribution in [0.2, 0.25) is 0 Å². The molecule has 1 heterocycles. The van der Waals surface area contributed by atoms with E-state index in [9.17, 15) is 14.4 Å². The Kier molecular flexibility index (Phi) is 10.3. The first-order valence-electron chi connectivity index (χ1n) is 13.7. The highest BCUT2D eigenvalue weighted by atomic mass is 79.9. The molecule has 220 valence electrons. The lowest BCUT2D eigenvalue weighted by atomic mass is 9.89. The summed E-state index contributed by atoms with van der Waals surface area (Å²) in [6, 6.07) is 20.6.